The first-order valence-corrected chi connectivity index (χ1v) is 43.9. The summed E-state index contributed by atoms with van der Waals surface area (Å²) in [5.41, 5.74) is 8.48. The van der Waals surface area contributed by atoms with E-state index in [1.54, 1.807) is 47.4 Å². The van der Waals surface area contributed by atoms with Crippen LogP contribution in [0.25, 0.3) is 0 Å². The minimum absolute atomic E-state index is 0.0205. The summed E-state index contributed by atoms with van der Waals surface area (Å²) in [5.74, 6) is -4.79. The fourth-order valence-corrected chi connectivity index (χ4v) is 15.8. The summed E-state index contributed by atoms with van der Waals surface area (Å²) in [4.78, 5) is 173. The van der Waals surface area contributed by atoms with Crippen LogP contribution in [0.4, 0.5) is 17.2 Å². The van der Waals surface area contributed by atoms with E-state index in [1.807, 2.05) is 12.1 Å². The molecule has 0 bridgehead atoms. The molecule has 0 aliphatic carbocycles. The summed E-state index contributed by atoms with van der Waals surface area (Å²) in [7, 11) is 0. The number of carboxylic acid groups (broad SMARTS) is 1. The topological polar surface area (TPSA) is 491 Å². The molecule has 10 amide bonds. The SMILES string of the molecule is O=C(CC[C@H](O)CN1CCc2ccccc2C1)c1cc(NC2CNC2)ncn1.O=C(O)CCOCCOCCOCCOCCNc1cccc2c1C(=O)N(C1CCC(=O)NC1=O)C2=O.O=C1CCC(N2C(=O)c3cccc(NCCOCCOCCOCCOCCC(=O)N4CC(Cc5cc(C(=O)NC[C@H](O)CN6CCc7ccccc7C6)ncn5)C4)c3C2=O)C(=O)N1. The van der Waals surface area contributed by atoms with E-state index >= 15 is 0 Å². The molecule has 2 aromatic heterocycles. The van der Waals surface area contributed by atoms with Gasteiger partial charge in [-0.05, 0) is 97.0 Å². The molecule has 39 heteroatoms. The predicted molar refractivity (Wildman–Crippen MR) is 464 cm³/mol. The van der Waals surface area contributed by atoms with Gasteiger partial charge in [-0.2, -0.15) is 0 Å². The van der Waals surface area contributed by atoms with E-state index in [2.05, 4.69) is 103 Å². The van der Waals surface area contributed by atoms with Crippen molar-refractivity contribution in [3.63, 3.8) is 0 Å². The number of rotatable bonds is 49. The lowest BCUT2D eigenvalue weighted by atomic mass is 9.94. The highest BCUT2D eigenvalue weighted by molar-refractivity contribution is 6.26. The van der Waals surface area contributed by atoms with E-state index in [4.69, 9.17) is 43.0 Å². The largest absolute Gasteiger partial charge is 0.481 e. The van der Waals surface area contributed by atoms with E-state index in [-0.39, 0.29) is 110 Å². The number of aliphatic carboxylic acids is 1. The second kappa shape index (κ2) is 49.9. The molecular formula is C90H114N16O23. The molecule has 8 aliphatic heterocycles. The van der Waals surface area contributed by atoms with Gasteiger partial charge in [0, 0.05) is 127 Å². The molecule has 4 fully saturated rings. The summed E-state index contributed by atoms with van der Waals surface area (Å²) in [5, 5.41) is 49.4. The van der Waals surface area contributed by atoms with Crippen LogP contribution < -0.4 is 37.2 Å². The van der Waals surface area contributed by atoms with Gasteiger partial charge in [0.2, 0.25) is 29.5 Å². The van der Waals surface area contributed by atoms with E-state index in [0.717, 1.165) is 67.6 Å². The second-order valence-electron chi connectivity index (χ2n) is 32.0. The van der Waals surface area contributed by atoms with Crippen LogP contribution in [0.2, 0.25) is 0 Å². The number of imide groups is 4. The zero-order valence-corrected chi connectivity index (χ0v) is 72.2. The zero-order valence-electron chi connectivity index (χ0n) is 72.2. The van der Waals surface area contributed by atoms with E-state index in [9.17, 15) is 67.7 Å². The highest BCUT2D eigenvalue weighted by atomic mass is 16.6. The van der Waals surface area contributed by atoms with E-state index in [0.29, 0.717) is 180 Å². The van der Waals surface area contributed by atoms with Gasteiger partial charge in [0.1, 0.15) is 41.9 Å². The van der Waals surface area contributed by atoms with Gasteiger partial charge in [0.05, 0.1) is 159 Å². The fraction of sp³-hybridized carbons (Fsp3) is 0.511. The van der Waals surface area contributed by atoms with Crippen molar-refractivity contribution < 1.29 is 111 Å². The molecule has 10 heterocycles. The minimum Gasteiger partial charge on any atom is -0.481 e. The van der Waals surface area contributed by atoms with E-state index in [1.165, 1.54) is 41.0 Å². The number of fused-ring (bicyclic) bond motifs is 4. The molecule has 0 radical (unpaired) electrons. The third-order valence-electron chi connectivity index (χ3n) is 22.6. The molecule has 39 nitrogen and oxygen atoms in total. The Labute approximate surface area is 746 Å². The molecule has 8 aliphatic rings. The van der Waals surface area contributed by atoms with Gasteiger partial charge in [0.15, 0.2) is 5.78 Å². The number of anilines is 3. The number of benzene rings is 4. The standard InChI is InChI=1S/C45H56N8O11.C24H31N3O10.C21H27N5O2/c54-34(28-51-13-10-31-4-1-2-5-32(31)27-51)24-47-42(57)37-23-33(48-29-49-37)22-30-25-52(26-30)40(56)11-14-61-16-18-63-20-21-64-19-17-62-15-12-46-36-7-3-6-35-41(36)45(60)53(44(35)59)38-8-9-39(55)50-43(38)58;28-19-5-4-18(22(31)26-19)27-23(32)16-2-1-3-17(21(16)24(27)33)25-7-9-35-11-13-37-15-14-36-12-10-34-8-6-20(29)30;27-18(13-26-8-7-15-3-1-2-4-16(15)12-26)5-6-20(28)19-9-21(24-14-23-19)25-17-10-22-11-17/h1-7,23,29-30,34,38,46,54H,8-22,24-28H2,(H,47,57)(H,50,55,58);1-3,18,25H,4-15H2,(H,29,30)(H,26,28,31);1-4,9,14,17-18,22,27H,5-8,10-13H2,(H,23,24,25)/t34-,38?;;18-/m0.0/s1. The molecule has 2 unspecified atom stereocenters. The molecule has 692 valence electrons. The van der Waals surface area contributed by atoms with Gasteiger partial charge in [0.25, 0.3) is 29.5 Å². The lowest BCUT2D eigenvalue weighted by Gasteiger charge is -2.39. The van der Waals surface area contributed by atoms with Crippen molar-refractivity contribution in [2.75, 3.05) is 194 Å². The first-order chi connectivity index (χ1) is 62.7. The number of aliphatic hydroxyl groups excluding tert-OH is 2. The van der Waals surface area contributed by atoms with Crippen molar-refractivity contribution in [2.45, 2.75) is 114 Å². The summed E-state index contributed by atoms with van der Waals surface area (Å²) in [6.07, 6.45) is 5.42. The number of ketones is 1. The number of aliphatic hydroxyl groups is 2. The maximum atomic E-state index is 13.2. The highest BCUT2D eigenvalue weighted by Crippen LogP contribution is 2.35. The van der Waals surface area contributed by atoms with Gasteiger partial charge in [-0.1, -0.05) is 60.7 Å². The average molecular weight is 1790 g/mol. The number of Topliss-reactive ketones (excluding diaryl/α,β-unsaturated/α-hetero) is 1. The molecule has 4 aromatic carbocycles. The Hall–Kier alpha value is -11.4. The summed E-state index contributed by atoms with van der Waals surface area (Å²) >= 11 is 0. The number of likely N-dealkylation sites (tertiary alicyclic amines) is 1. The minimum atomic E-state index is -1.03. The molecule has 0 spiro atoms. The van der Waals surface area contributed by atoms with Crippen LogP contribution in [0, 0.1) is 5.92 Å². The van der Waals surface area contributed by atoms with E-state index < -0.39 is 77.5 Å². The number of carbonyl (C=O) groups is 12. The fourth-order valence-electron chi connectivity index (χ4n) is 15.8. The maximum Gasteiger partial charge on any atom is 0.305 e. The second-order valence-corrected chi connectivity index (χ2v) is 32.0. The Morgan fingerprint density at radius 3 is 1.44 bits per heavy atom. The Morgan fingerprint density at radius 1 is 0.488 bits per heavy atom. The number of aromatic nitrogens is 4. The van der Waals surface area contributed by atoms with Crippen molar-refractivity contribution in [2.24, 2.45) is 5.92 Å². The van der Waals surface area contributed by atoms with Crippen LogP contribution >= 0.6 is 0 Å². The van der Waals surface area contributed by atoms with Crippen LogP contribution in [0.1, 0.15) is 142 Å². The highest BCUT2D eigenvalue weighted by Gasteiger charge is 2.48. The van der Waals surface area contributed by atoms with Crippen LogP contribution in [0.15, 0.2) is 110 Å². The molecule has 129 heavy (non-hydrogen) atoms. The zero-order chi connectivity index (χ0) is 90.8. The number of piperidine rings is 2. The van der Waals surface area contributed by atoms with Crippen molar-refractivity contribution in [1.82, 2.24) is 65.7 Å². The average Bonchev–Trinajstić information content (AvgIpc) is 1.60. The van der Waals surface area contributed by atoms with Crippen LogP contribution in [0.3, 0.4) is 0 Å². The van der Waals surface area contributed by atoms with Gasteiger partial charge in [-0.25, -0.2) is 19.9 Å². The maximum absolute atomic E-state index is 13.2. The summed E-state index contributed by atoms with van der Waals surface area (Å²) < 4.78 is 43.6. The number of hydrogen-bond acceptors (Lipinski definition) is 32. The van der Waals surface area contributed by atoms with Crippen LogP contribution in [0.5, 0.6) is 0 Å². The molecular weight excluding hydrogens is 1670 g/mol. The molecule has 6 aromatic rings. The van der Waals surface area contributed by atoms with Crippen LogP contribution in [-0.4, -0.2) is 339 Å². The lowest BCUT2D eigenvalue weighted by molar-refractivity contribution is -0.139. The molecule has 10 N–H and O–H groups in total. The molecule has 0 saturated carbocycles. The van der Waals surface area contributed by atoms with Gasteiger partial charge >= 0.3 is 5.97 Å². The summed E-state index contributed by atoms with van der Waals surface area (Å²) in [6.45, 7) is 13.8. The molecule has 4 saturated heterocycles. The first-order valence-electron chi connectivity index (χ1n) is 43.9. The smallest absolute Gasteiger partial charge is 0.305 e. The van der Waals surface area contributed by atoms with Gasteiger partial charge in [-0.15, -0.1) is 0 Å². The van der Waals surface area contributed by atoms with Crippen molar-refractivity contribution in [1.29, 1.82) is 0 Å². The van der Waals surface area contributed by atoms with Crippen molar-refractivity contribution >= 4 is 88.0 Å². The third kappa shape index (κ3) is 28.8. The predicted octanol–water partition coefficient (Wildman–Crippen LogP) is 1.88. The molecule has 14 rings (SSSR count). The Bertz CT molecular complexity index is 4860. The number of hydrogen-bond donors (Lipinski definition) is 10. The molecule has 4 atom stereocenters. The lowest BCUT2D eigenvalue weighted by Crippen LogP contribution is -2.54. The van der Waals surface area contributed by atoms with Crippen LogP contribution in [-0.2, 0) is 99.0 Å². The number of amides is 10. The van der Waals surface area contributed by atoms with Crippen molar-refractivity contribution in [3.05, 3.63) is 171 Å². The normalized spacial score (nSPS) is 17.8. The number of carboxylic acids is 1. The Morgan fingerprint density at radius 2 is 0.953 bits per heavy atom. The third-order valence-corrected chi connectivity index (χ3v) is 22.6. The van der Waals surface area contributed by atoms with Gasteiger partial charge in [-0.3, -0.25) is 87.8 Å². The first kappa shape index (κ1) is 96.6. The number of nitrogens with zero attached hydrogens (tertiary/aromatic N) is 9. The Kier molecular flexibility index (Phi) is 37.4. The quantitative estimate of drug-likeness (QED) is 0.0148. The monoisotopic (exact) mass is 1790 g/mol. The Balaban J connectivity index is 0.000000195. The number of ether oxygens (including phenoxy) is 8. The number of nitrogens with one attached hydrogen (secondary N) is 7. The van der Waals surface area contributed by atoms with Crippen molar-refractivity contribution in [3.8, 4) is 0 Å². The number of carbonyl (C=O) groups excluding carboxylic acids is 11. The summed E-state index contributed by atoms with van der Waals surface area (Å²) in [6, 6.07) is 28.2. The number of β-amino-alcohol motifs (C(OH)–C–C–N with tert-alkyl or cyclic N) is 2. The van der Waals surface area contributed by atoms with Gasteiger partial charge < -0.3 is 84.7 Å².